The summed E-state index contributed by atoms with van der Waals surface area (Å²) < 4.78 is 0. The summed E-state index contributed by atoms with van der Waals surface area (Å²) in [6.45, 7) is 1.87. The first-order valence-electron chi connectivity index (χ1n) is 5.05. The Balaban J connectivity index is 3.22. The van der Waals surface area contributed by atoms with E-state index < -0.39 is 5.97 Å². The van der Waals surface area contributed by atoms with Crippen molar-refractivity contribution in [2.24, 2.45) is 0 Å². The molecule has 0 bridgehead atoms. The van der Waals surface area contributed by atoms with Gasteiger partial charge in [0.25, 0.3) is 0 Å². The van der Waals surface area contributed by atoms with Crippen molar-refractivity contribution in [3.05, 3.63) is 0 Å². The van der Waals surface area contributed by atoms with E-state index in [2.05, 4.69) is 16.0 Å². The van der Waals surface area contributed by atoms with E-state index in [1.54, 1.807) is 0 Å². The fourth-order valence-electron chi connectivity index (χ4n) is 0.971. The zero-order valence-electron chi connectivity index (χ0n) is 9.01. The molecule has 0 heterocycles. The van der Waals surface area contributed by atoms with Gasteiger partial charge in [-0.25, -0.2) is 4.79 Å². The van der Waals surface area contributed by atoms with Gasteiger partial charge in [0.2, 0.25) is 0 Å². The molecule has 0 aliphatic heterocycles. The van der Waals surface area contributed by atoms with Gasteiger partial charge < -0.3 is 21.1 Å². The van der Waals surface area contributed by atoms with Crippen LogP contribution in [0.15, 0.2) is 0 Å². The second kappa shape index (κ2) is 9.26. The van der Waals surface area contributed by atoms with Crippen LogP contribution >= 0.6 is 0 Å². The SMILES string of the molecule is CNCCCNC(=O)NCCCC(=O)O. The first-order chi connectivity index (χ1) is 7.16. The summed E-state index contributed by atoms with van der Waals surface area (Å²) in [5.41, 5.74) is 0. The lowest BCUT2D eigenvalue weighted by Gasteiger charge is -2.06. The molecule has 0 aromatic carbocycles. The summed E-state index contributed by atoms with van der Waals surface area (Å²) >= 11 is 0. The Hall–Kier alpha value is -1.30. The second-order valence-corrected chi connectivity index (χ2v) is 3.14. The van der Waals surface area contributed by atoms with Gasteiger partial charge >= 0.3 is 12.0 Å². The minimum Gasteiger partial charge on any atom is -0.481 e. The van der Waals surface area contributed by atoms with E-state index in [0.717, 1.165) is 13.0 Å². The van der Waals surface area contributed by atoms with Gasteiger partial charge in [0.15, 0.2) is 0 Å². The monoisotopic (exact) mass is 217 g/mol. The number of carbonyl (C=O) groups is 2. The number of rotatable bonds is 8. The maximum Gasteiger partial charge on any atom is 0.314 e. The number of amides is 2. The lowest BCUT2D eigenvalue weighted by molar-refractivity contribution is -0.137. The Morgan fingerprint density at radius 1 is 1.07 bits per heavy atom. The summed E-state index contributed by atoms with van der Waals surface area (Å²) in [4.78, 5) is 21.2. The number of carboxylic acid groups (broad SMARTS) is 1. The van der Waals surface area contributed by atoms with Crippen molar-refractivity contribution in [2.45, 2.75) is 19.3 Å². The lowest BCUT2D eigenvalue weighted by Crippen LogP contribution is -2.37. The summed E-state index contributed by atoms with van der Waals surface area (Å²) in [7, 11) is 1.85. The average Bonchev–Trinajstić information content (AvgIpc) is 2.19. The summed E-state index contributed by atoms with van der Waals surface area (Å²) in [5.74, 6) is -0.841. The second-order valence-electron chi connectivity index (χ2n) is 3.14. The maximum absolute atomic E-state index is 11.1. The van der Waals surface area contributed by atoms with Gasteiger partial charge in [0, 0.05) is 19.5 Å². The molecule has 0 saturated heterocycles. The number of urea groups is 1. The van der Waals surface area contributed by atoms with E-state index in [0.29, 0.717) is 19.5 Å². The van der Waals surface area contributed by atoms with E-state index >= 15 is 0 Å². The number of nitrogens with one attached hydrogen (secondary N) is 3. The minimum atomic E-state index is -0.841. The minimum absolute atomic E-state index is 0.0834. The molecule has 4 N–H and O–H groups in total. The molecule has 0 aromatic rings. The third kappa shape index (κ3) is 10.6. The van der Waals surface area contributed by atoms with Crippen LogP contribution in [0.4, 0.5) is 4.79 Å². The molecule has 0 aromatic heterocycles. The standard InChI is InChI=1S/C9H19N3O3/c1-10-5-3-7-12-9(15)11-6-2-4-8(13)14/h10H,2-7H2,1H3,(H,13,14)(H2,11,12,15). The number of hydrogen-bond donors (Lipinski definition) is 4. The molecule has 0 saturated carbocycles. The molecular weight excluding hydrogens is 198 g/mol. The fourth-order valence-corrected chi connectivity index (χ4v) is 0.971. The van der Waals surface area contributed by atoms with Crippen LogP contribution in [0.1, 0.15) is 19.3 Å². The quantitative estimate of drug-likeness (QED) is 0.422. The van der Waals surface area contributed by atoms with Gasteiger partial charge in [0.05, 0.1) is 0 Å². The molecule has 0 atom stereocenters. The van der Waals surface area contributed by atoms with Crippen LogP contribution in [0.5, 0.6) is 0 Å². The predicted octanol–water partition coefficient (Wildman–Crippen LogP) is -0.240. The van der Waals surface area contributed by atoms with E-state index in [1.807, 2.05) is 7.05 Å². The molecular formula is C9H19N3O3. The van der Waals surface area contributed by atoms with E-state index in [9.17, 15) is 9.59 Å². The largest absolute Gasteiger partial charge is 0.481 e. The zero-order valence-corrected chi connectivity index (χ0v) is 9.01. The summed E-state index contributed by atoms with van der Waals surface area (Å²) in [6.07, 6.45) is 1.42. The Labute approximate surface area is 89.4 Å². The van der Waals surface area contributed by atoms with Crippen LogP contribution in [0.3, 0.4) is 0 Å². The van der Waals surface area contributed by atoms with Gasteiger partial charge in [-0.1, -0.05) is 0 Å². The Kier molecular flexibility index (Phi) is 8.46. The highest BCUT2D eigenvalue weighted by Gasteiger charge is 1.99. The van der Waals surface area contributed by atoms with Crippen LogP contribution in [-0.2, 0) is 4.79 Å². The fraction of sp³-hybridized carbons (Fsp3) is 0.778. The van der Waals surface area contributed by atoms with E-state index in [1.165, 1.54) is 0 Å². The van der Waals surface area contributed by atoms with Crippen LogP contribution in [0, 0.1) is 0 Å². The molecule has 6 nitrogen and oxygen atoms in total. The zero-order chi connectivity index (χ0) is 11.5. The number of aliphatic carboxylic acids is 1. The molecule has 2 amide bonds. The van der Waals surface area contributed by atoms with Crippen molar-refractivity contribution >= 4 is 12.0 Å². The molecule has 0 radical (unpaired) electrons. The van der Waals surface area contributed by atoms with Gasteiger partial charge in [-0.05, 0) is 26.4 Å². The van der Waals surface area contributed by atoms with E-state index in [-0.39, 0.29) is 12.5 Å². The Bertz CT molecular complexity index is 197. The molecule has 6 heteroatoms. The van der Waals surface area contributed by atoms with Gasteiger partial charge in [-0.3, -0.25) is 4.79 Å². The molecule has 0 aliphatic rings. The molecule has 0 rings (SSSR count). The van der Waals surface area contributed by atoms with Crippen molar-refractivity contribution in [1.82, 2.24) is 16.0 Å². The Morgan fingerprint density at radius 3 is 2.20 bits per heavy atom. The van der Waals surface area contributed by atoms with Crippen LogP contribution in [-0.4, -0.2) is 43.8 Å². The Morgan fingerprint density at radius 2 is 1.67 bits per heavy atom. The topological polar surface area (TPSA) is 90.5 Å². The highest BCUT2D eigenvalue weighted by molar-refractivity contribution is 5.73. The van der Waals surface area contributed by atoms with Crippen molar-refractivity contribution in [1.29, 1.82) is 0 Å². The normalized spacial score (nSPS) is 9.67. The summed E-state index contributed by atoms with van der Waals surface area (Å²) in [6, 6.07) is -0.239. The first kappa shape index (κ1) is 13.7. The number of hydrogen-bond acceptors (Lipinski definition) is 3. The van der Waals surface area contributed by atoms with Gasteiger partial charge in [-0.2, -0.15) is 0 Å². The van der Waals surface area contributed by atoms with Gasteiger partial charge in [-0.15, -0.1) is 0 Å². The molecule has 15 heavy (non-hydrogen) atoms. The molecule has 0 aliphatic carbocycles. The predicted molar refractivity (Wildman–Crippen MR) is 56.8 cm³/mol. The van der Waals surface area contributed by atoms with Crippen molar-refractivity contribution in [3.63, 3.8) is 0 Å². The van der Waals surface area contributed by atoms with Crippen LogP contribution in [0.25, 0.3) is 0 Å². The lowest BCUT2D eigenvalue weighted by atomic mass is 10.3. The summed E-state index contributed by atoms with van der Waals surface area (Å²) in [5, 5.41) is 16.6. The number of carboxylic acids is 1. The molecule has 0 spiro atoms. The highest BCUT2D eigenvalue weighted by atomic mass is 16.4. The van der Waals surface area contributed by atoms with Crippen molar-refractivity contribution in [2.75, 3.05) is 26.7 Å². The highest BCUT2D eigenvalue weighted by Crippen LogP contribution is 1.85. The van der Waals surface area contributed by atoms with E-state index in [4.69, 9.17) is 5.11 Å². The maximum atomic E-state index is 11.1. The van der Waals surface area contributed by atoms with Crippen molar-refractivity contribution in [3.8, 4) is 0 Å². The first-order valence-corrected chi connectivity index (χ1v) is 5.05. The third-order valence-corrected chi connectivity index (χ3v) is 1.74. The van der Waals surface area contributed by atoms with Gasteiger partial charge in [0.1, 0.15) is 0 Å². The van der Waals surface area contributed by atoms with Crippen molar-refractivity contribution < 1.29 is 14.7 Å². The van der Waals surface area contributed by atoms with Crippen LogP contribution in [0.2, 0.25) is 0 Å². The third-order valence-electron chi connectivity index (χ3n) is 1.74. The number of carbonyl (C=O) groups excluding carboxylic acids is 1. The average molecular weight is 217 g/mol. The molecule has 88 valence electrons. The molecule has 0 fully saturated rings. The molecule has 0 unspecified atom stereocenters. The smallest absolute Gasteiger partial charge is 0.314 e. The van der Waals surface area contributed by atoms with Crippen LogP contribution < -0.4 is 16.0 Å².